The lowest BCUT2D eigenvalue weighted by Crippen LogP contribution is -2.31. The highest BCUT2D eigenvalue weighted by atomic mass is 19.1. The van der Waals surface area contributed by atoms with Gasteiger partial charge < -0.3 is 10.0 Å². The molecule has 152 valence electrons. The number of hydrogen-bond donors (Lipinski definition) is 3. The summed E-state index contributed by atoms with van der Waals surface area (Å²) >= 11 is 0. The van der Waals surface area contributed by atoms with Crippen molar-refractivity contribution >= 4 is 17.2 Å². The van der Waals surface area contributed by atoms with E-state index >= 15 is 0 Å². The van der Waals surface area contributed by atoms with Crippen molar-refractivity contribution in [2.24, 2.45) is 0 Å². The Hall–Kier alpha value is -2.97. The second-order valence-corrected chi connectivity index (χ2v) is 7.28. The molecule has 2 aromatic heterocycles. The fraction of sp³-hybridized carbons (Fsp3) is 0.333. The largest absolute Gasteiger partial charge is 0.382 e. The Morgan fingerprint density at radius 1 is 1.14 bits per heavy atom. The highest BCUT2D eigenvalue weighted by Gasteiger charge is 2.22. The number of amides is 1. The van der Waals surface area contributed by atoms with E-state index in [2.05, 4.69) is 10.5 Å². The number of fused-ring (bicyclic) bond motifs is 1. The predicted octanol–water partition coefficient (Wildman–Crippen LogP) is 3.37. The van der Waals surface area contributed by atoms with Crippen LogP contribution in [0.4, 0.5) is 10.1 Å². The average Bonchev–Trinajstić information content (AvgIpc) is 2.96. The summed E-state index contributed by atoms with van der Waals surface area (Å²) in [6.07, 6.45) is 5.73. The van der Waals surface area contributed by atoms with E-state index in [1.54, 1.807) is 12.1 Å². The number of carbonyl (C=O) groups excluding carboxylic acids is 1. The number of nitrogens with zero attached hydrogens (tertiary/aromatic N) is 3. The lowest BCUT2D eigenvalue weighted by molar-refractivity contribution is 0.0761. The van der Waals surface area contributed by atoms with Crippen LogP contribution in [0, 0.1) is 5.82 Å². The van der Waals surface area contributed by atoms with Crippen LogP contribution >= 0.6 is 0 Å². The monoisotopic (exact) mass is 398 g/mol. The van der Waals surface area contributed by atoms with Crippen LogP contribution in [0.15, 0.2) is 42.7 Å². The first-order valence-corrected chi connectivity index (χ1v) is 9.72. The van der Waals surface area contributed by atoms with Gasteiger partial charge in [-0.2, -0.15) is 0 Å². The summed E-state index contributed by atoms with van der Waals surface area (Å²) in [6.45, 7) is 1.44. The van der Waals surface area contributed by atoms with Crippen LogP contribution in [-0.2, 0) is 0 Å². The van der Waals surface area contributed by atoms with Crippen molar-refractivity contribution in [3.05, 3.63) is 65.4 Å². The zero-order chi connectivity index (χ0) is 20.4. The molecule has 1 amide bonds. The molecule has 7 nitrogen and oxygen atoms in total. The van der Waals surface area contributed by atoms with E-state index in [0.717, 1.165) is 38.8 Å². The van der Waals surface area contributed by atoms with E-state index in [-0.39, 0.29) is 11.6 Å². The molecule has 8 heteroatoms. The Kier molecular flexibility index (Phi) is 5.46. The fourth-order valence-corrected chi connectivity index (χ4v) is 3.82. The van der Waals surface area contributed by atoms with Crippen LogP contribution in [0.25, 0.3) is 5.65 Å². The molecular weight excluding hydrogens is 375 g/mol. The Morgan fingerprint density at radius 3 is 2.62 bits per heavy atom. The number of carbonyl (C=O) groups is 1. The quantitative estimate of drug-likeness (QED) is 0.586. The van der Waals surface area contributed by atoms with Gasteiger partial charge in [0, 0.05) is 30.4 Å². The summed E-state index contributed by atoms with van der Waals surface area (Å²) in [5.74, 6) is -0.552. The Labute approximate surface area is 167 Å². The number of aromatic nitrogens is 2. The van der Waals surface area contributed by atoms with E-state index in [9.17, 15) is 19.5 Å². The number of halogens is 1. The summed E-state index contributed by atoms with van der Waals surface area (Å²) in [7, 11) is 0. The van der Waals surface area contributed by atoms with Crippen molar-refractivity contribution in [3.63, 3.8) is 0 Å². The molecule has 0 saturated carbocycles. The number of imidazole rings is 1. The van der Waals surface area contributed by atoms with E-state index in [1.165, 1.54) is 35.0 Å². The normalized spacial score (nSPS) is 15.9. The summed E-state index contributed by atoms with van der Waals surface area (Å²) in [4.78, 5) is 18.8. The van der Waals surface area contributed by atoms with Gasteiger partial charge in [0.2, 0.25) is 0 Å². The Morgan fingerprint density at radius 2 is 1.90 bits per heavy atom. The number of likely N-dealkylation sites (tertiary alicyclic amines) is 1. The lowest BCUT2D eigenvalue weighted by Gasteiger charge is -2.21. The third-order valence-corrected chi connectivity index (χ3v) is 5.39. The molecule has 4 rings (SSSR count). The first-order valence-electron chi connectivity index (χ1n) is 9.72. The molecule has 3 N–H and O–H groups in total. The number of rotatable bonds is 4. The molecule has 3 heterocycles. The molecule has 1 atom stereocenters. The molecule has 1 aliphatic rings. The van der Waals surface area contributed by atoms with Gasteiger partial charge in [-0.05, 0) is 37.1 Å². The Balaban J connectivity index is 1.65. The van der Waals surface area contributed by atoms with Gasteiger partial charge in [-0.3, -0.25) is 19.9 Å². The van der Waals surface area contributed by atoms with Crippen LogP contribution < -0.4 is 5.48 Å². The highest BCUT2D eigenvalue weighted by Crippen LogP contribution is 2.30. The molecule has 0 aliphatic carbocycles. The second kappa shape index (κ2) is 8.18. The number of benzene rings is 1. The van der Waals surface area contributed by atoms with Gasteiger partial charge in [0.15, 0.2) is 0 Å². The van der Waals surface area contributed by atoms with Crippen LogP contribution in [0.1, 0.15) is 53.4 Å². The molecule has 1 unspecified atom stereocenters. The molecular formula is C21H23FN4O3. The molecule has 0 bridgehead atoms. The number of nitrogens with one attached hydrogen (secondary N) is 1. The molecule has 1 aromatic carbocycles. The summed E-state index contributed by atoms with van der Waals surface area (Å²) in [6, 6.07) is 7.56. The van der Waals surface area contributed by atoms with Gasteiger partial charge in [-0.1, -0.05) is 18.9 Å². The van der Waals surface area contributed by atoms with E-state index in [4.69, 9.17) is 0 Å². The topological polar surface area (TPSA) is 90.1 Å². The van der Waals surface area contributed by atoms with Crippen molar-refractivity contribution < 1.29 is 19.5 Å². The summed E-state index contributed by atoms with van der Waals surface area (Å²) in [5.41, 5.74) is 3.92. The highest BCUT2D eigenvalue weighted by molar-refractivity contribution is 5.95. The number of anilines is 1. The van der Waals surface area contributed by atoms with Gasteiger partial charge in [0.05, 0.1) is 17.6 Å². The van der Waals surface area contributed by atoms with E-state index in [1.807, 2.05) is 4.90 Å². The molecule has 3 aromatic rings. The van der Waals surface area contributed by atoms with Crippen LogP contribution in [0.5, 0.6) is 0 Å². The number of aliphatic hydroxyl groups excluding tert-OH is 1. The summed E-state index contributed by atoms with van der Waals surface area (Å²) in [5, 5.41) is 20.5. The van der Waals surface area contributed by atoms with Gasteiger partial charge in [0.25, 0.3) is 5.91 Å². The minimum Gasteiger partial charge on any atom is -0.382 e. The van der Waals surface area contributed by atoms with Crippen LogP contribution in [0.3, 0.4) is 0 Å². The second-order valence-electron chi connectivity index (χ2n) is 7.28. The maximum atomic E-state index is 13.6. The molecule has 0 spiro atoms. The van der Waals surface area contributed by atoms with Crippen LogP contribution in [-0.4, -0.2) is 43.6 Å². The number of hydrogen-bond acceptors (Lipinski definition) is 5. The minimum atomic E-state index is -1.18. The molecule has 29 heavy (non-hydrogen) atoms. The molecule has 1 saturated heterocycles. The van der Waals surface area contributed by atoms with E-state index < -0.39 is 11.9 Å². The SMILES string of the molecule is O=C(c1ccc(C(O)c2cnc3ccc(F)cn23)c(NO)c1)N1CCCCCC1. The third kappa shape index (κ3) is 3.81. The molecule has 0 radical (unpaired) electrons. The van der Waals surface area contributed by atoms with Crippen molar-refractivity contribution in [1.29, 1.82) is 0 Å². The van der Waals surface area contributed by atoms with Gasteiger partial charge >= 0.3 is 0 Å². The van der Waals surface area contributed by atoms with E-state index in [0.29, 0.717) is 22.5 Å². The minimum absolute atomic E-state index is 0.0960. The van der Waals surface area contributed by atoms with Gasteiger partial charge in [-0.25, -0.2) is 9.37 Å². The molecule has 1 aliphatic heterocycles. The third-order valence-electron chi connectivity index (χ3n) is 5.39. The molecule has 1 fully saturated rings. The lowest BCUT2D eigenvalue weighted by atomic mass is 10.0. The Bertz CT molecular complexity index is 1030. The van der Waals surface area contributed by atoms with Crippen LogP contribution in [0.2, 0.25) is 0 Å². The van der Waals surface area contributed by atoms with Gasteiger partial charge in [-0.15, -0.1) is 0 Å². The van der Waals surface area contributed by atoms with Crippen molar-refractivity contribution in [1.82, 2.24) is 14.3 Å². The number of pyridine rings is 1. The fourth-order valence-electron chi connectivity index (χ4n) is 3.82. The maximum absolute atomic E-state index is 13.6. The van der Waals surface area contributed by atoms with Crippen molar-refractivity contribution in [3.8, 4) is 0 Å². The zero-order valence-electron chi connectivity index (χ0n) is 15.9. The standard InChI is InChI=1S/C21H23FN4O3/c22-15-6-8-19-23-12-18(26(19)13-15)20(27)16-7-5-14(11-17(16)24-29)21(28)25-9-3-1-2-4-10-25/h5-8,11-13,20,24,27,29H,1-4,9-10H2. The smallest absolute Gasteiger partial charge is 0.253 e. The number of aliphatic hydroxyl groups is 1. The summed E-state index contributed by atoms with van der Waals surface area (Å²) < 4.78 is 15.1. The maximum Gasteiger partial charge on any atom is 0.253 e. The van der Waals surface area contributed by atoms with Crippen molar-refractivity contribution in [2.45, 2.75) is 31.8 Å². The zero-order valence-corrected chi connectivity index (χ0v) is 15.9. The first kappa shape index (κ1) is 19.4. The van der Waals surface area contributed by atoms with Gasteiger partial charge in [0.1, 0.15) is 17.6 Å². The van der Waals surface area contributed by atoms with Crippen molar-refractivity contribution in [2.75, 3.05) is 18.6 Å². The predicted molar refractivity (Wildman–Crippen MR) is 105 cm³/mol. The average molecular weight is 398 g/mol. The first-order chi connectivity index (χ1) is 14.1.